The van der Waals surface area contributed by atoms with Crippen LogP contribution in [0.5, 0.6) is 17.2 Å². The fourth-order valence-corrected chi connectivity index (χ4v) is 5.80. The smallest absolute Gasteiger partial charge is 0.172 e. The van der Waals surface area contributed by atoms with Crippen molar-refractivity contribution in [2.75, 3.05) is 39.5 Å². The summed E-state index contributed by atoms with van der Waals surface area (Å²) in [5, 5.41) is 10.1. The number of fused-ring (bicyclic) bond motifs is 2. The Morgan fingerprint density at radius 1 is 1.00 bits per heavy atom. The molecule has 4 aliphatic rings. The number of nitrogens with zero attached hydrogens (tertiary/aromatic N) is 1. The number of phenols is 1. The fraction of sp³-hybridized carbons (Fsp3) is 0.500. The highest BCUT2D eigenvalue weighted by molar-refractivity contribution is 5.77. The lowest BCUT2D eigenvalue weighted by Gasteiger charge is -2.40. The van der Waals surface area contributed by atoms with Crippen molar-refractivity contribution >= 4 is 5.57 Å². The molecule has 1 spiro atoms. The molecule has 3 aliphatic heterocycles. The Bertz CT molecular complexity index is 1050. The first kappa shape index (κ1) is 22.0. The Morgan fingerprint density at radius 3 is 2.59 bits per heavy atom. The van der Waals surface area contributed by atoms with Crippen molar-refractivity contribution in [1.82, 2.24) is 4.90 Å². The number of likely N-dealkylation sites (tertiary alicyclic amines) is 1. The summed E-state index contributed by atoms with van der Waals surface area (Å²) in [6.07, 6.45) is 6.10. The normalized spacial score (nSPS) is 23.9. The molecule has 6 nitrogen and oxygen atoms in total. The van der Waals surface area contributed by atoms with Crippen molar-refractivity contribution in [3.8, 4) is 17.2 Å². The fourth-order valence-electron chi connectivity index (χ4n) is 5.80. The summed E-state index contributed by atoms with van der Waals surface area (Å²) in [6, 6.07) is 13.7. The number of hydrogen-bond donors (Lipinski definition) is 1. The van der Waals surface area contributed by atoms with Gasteiger partial charge in [0, 0.05) is 31.0 Å². The lowest BCUT2D eigenvalue weighted by atomic mass is 9.78. The van der Waals surface area contributed by atoms with Gasteiger partial charge in [0.15, 0.2) is 5.79 Å². The Kier molecular flexibility index (Phi) is 5.97. The molecular weight excluding hydrogens is 430 g/mol. The third-order valence-electron chi connectivity index (χ3n) is 7.58. The molecule has 0 amide bonds. The molecule has 0 radical (unpaired) electrons. The van der Waals surface area contributed by atoms with Crippen LogP contribution in [0, 0.1) is 0 Å². The molecule has 2 aromatic carbocycles. The van der Waals surface area contributed by atoms with Gasteiger partial charge in [-0.1, -0.05) is 18.6 Å². The van der Waals surface area contributed by atoms with Gasteiger partial charge in [-0.3, -0.25) is 4.90 Å². The van der Waals surface area contributed by atoms with E-state index in [9.17, 15) is 5.11 Å². The Morgan fingerprint density at radius 2 is 1.79 bits per heavy atom. The van der Waals surface area contributed by atoms with E-state index in [0.29, 0.717) is 26.2 Å². The quantitative estimate of drug-likeness (QED) is 0.668. The van der Waals surface area contributed by atoms with Crippen molar-refractivity contribution in [2.45, 2.75) is 50.4 Å². The van der Waals surface area contributed by atoms with E-state index in [1.807, 2.05) is 18.2 Å². The molecule has 6 rings (SSSR count). The largest absolute Gasteiger partial charge is 0.508 e. The van der Waals surface area contributed by atoms with E-state index in [4.69, 9.17) is 18.9 Å². The molecule has 1 N–H and O–H groups in total. The van der Waals surface area contributed by atoms with Gasteiger partial charge in [-0.15, -0.1) is 0 Å². The monoisotopic (exact) mass is 463 g/mol. The van der Waals surface area contributed by atoms with Crippen LogP contribution in [0.1, 0.15) is 55.8 Å². The summed E-state index contributed by atoms with van der Waals surface area (Å²) in [7, 11) is 0. The van der Waals surface area contributed by atoms with Crippen molar-refractivity contribution in [3.63, 3.8) is 0 Å². The summed E-state index contributed by atoms with van der Waals surface area (Å²) < 4.78 is 24.7. The predicted molar refractivity (Wildman–Crippen MR) is 129 cm³/mol. The highest BCUT2D eigenvalue weighted by atomic mass is 16.7. The summed E-state index contributed by atoms with van der Waals surface area (Å²) in [6.45, 7) is 5.34. The molecule has 34 heavy (non-hydrogen) atoms. The first-order valence-corrected chi connectivity index (χ1v) is 12.6. The van der Waals surface area contributed by atoms with Gasteiger partial charge in [-0.25, -0.2) is 0 Å². The number of piperidine rings is 1. The summed E-state index contributed by atoms with van der Waals surface area (Å²) >= 11 is 0. The summed E-state index contributed by atoms with van der Waals surface area (Å²) in [5.41, 5.74) is 4.64. The third-order valence-corrected chi connectivity index (χ3v) is 7.58. The average molecular weight is 464 g/mol. The van der Waals surface area contributed by atoms with Crippen LogP contribution >= 0.6 is 0 Å². The first-order chi connectivity index (χ1) is 16.7. The zero-order valence-corrected chi connectivity index (χ0v) is 19.6. The second-order valence-corrected chi connectivity index (χ2v) is 9.79. The van der Waals surface area contributed by atoms with Gasteiger partial charge in [0.25, 0.3) is 0 Å². The van der Waals surface area contributed by atoms with Crippen molar-refractivity contribution in [2.24, 2.45) is 0 Å². The second-order valence-electron chi connectivity index (χ2n) is 9.79. The lowest BCUT2D eigenvalue weighted by molar-refractivity contribution is -0.164. The molecule has 180 valence electrons. The number of aromatic hydroxyl groups is 1. The third kappa shape index (κ3) is 4.30. The van der Waals surface area contributed by atoms with Crippen LogP contribution in [0.3, 0.4) is 0 Å². The van der Waals surface area contributed by atoms with Crippen LogP contribution in [-0.4, -0.2) is 55.2 Å². The standard InChI is InChI=1S/C28H33NO5/c30-21-6-9-24-23-10-11-28(32-16-17-33-28)19-25(23)27(34-26(24)18-21)20-4-7-22(8-5-20)31-15-14-29-12-2-1-3-13-29/h4-9,18,27,30H,1-3,10-17,19H2. The molecule has 1 atom stereocenters. The minimum Gasteiger partial charge on any atom is -0.508 e. The summed E-state index contributed by atoms with van der Waals surface area (Å²) in [5.74, 6) is 1.29. The minimum atomic E-state index is -0.535. The molecule has 6 heteroatoms. The van der Waals surface area contributed by atoms with Crippen molar-refractivity contribution in [3.05, 3.63) is 59.2 Å². The maximum atomic E-state index is 10.1. The highest BCUT2D eigenvalue weighted by Crippen LogP contribution is 2.52. The second kappa shape index (κ2) is 9.25. The molecule has 1 unspecified atom stereocenters. The molecule has 0 aromatic heterocycles. The number of hydrogen-bond acceptors (Lipinski definition) is 6. The van der Waals surface area contributed by atoms with E-state index >= 15 is 0 Å². The van der Waals surface area contributed by atoms with Crippen LogP contribution in [0.15, 0.2) is 48.0 Å². The van der Waals surface area contributed by atoms with E-state index in [-0.39, 0.29) is 11.9 Å². The SMILES string of the molecule is Oc1ccc2c(c1)OC(c1ccc(OCCN3CCCCC3)cc1)C1=C2CCC2(C1)OCCO2. The molecular formula is C28H33NO5. The number of ether oxygens (including phenoxy) is 4. The van der Waals surface area contributed by atoms with Crippen LogP contribution in [0.4, 0.5) is 0 Å². The Hall–Kier alpha value is -2.54. The molecule has 3 heterocycles. The van der Waals surface area contributed by atoms with Crippen LogP contribution in [0.2, 0.25) is 0 Å². The van der Waals surface area contributed by atoms with Crippen LogP contribution in [-0.2, 0) is 9.47 Å². The Labute approximate surface area is 201 Å². The van der Waals surface area contributed by atoms with E-state index in [2.05, 4.69) is 17.0 Å². The van der Waals surface area contributed by atoms with Gasteiger partial charge in [-0.05, 0) is 73.3 Å². The van der Waals surface area contributed by atoms with Gasteiger partial charge in [0.05, 0.1) is 13.2 Å². The molecule has 0 saturated carbocycles. The molecule has 1 aliphatic carbocycles. The van der Waals surface area contributed by atoms with Gasteiger partial charge in [0.2, 0.25) is 0 Å². The lowest BCUT2D eigenvalue weighted by Crippen LogP contribution is -2.36. The molecule has 2 fully saturated rings. The molecule has 0 bridgehead atoms. The van der Waals surface area contributed by atoms with Gasteiger partial charge in [0.1, 0.15) is 30.0 Å². The van der Waals surface area contributed by atoms with E-state index in [1.54, 1.807) is 12.1 Å². The van der Waals surface area contributed by atoms with Crippen LogP contribution < -0.4 is 9.47 Å². The number of phenolic OH excluding ortho intramolecular Hbond substituents is 1. The maximum absolute atomic E-state index is 10.1. The predicted octanol–water partition coefficient (Wildman–Crippen LogP) is 5.07. The Balaban J connectivity index is 1.22. The number of allylic oxidation sites excluding steroid dienone is 1. The average Bonchev–Trinajstić information content (AvgIpc) is 3.32. The highest BCUT2D eigenvalue weighted by Gasteiger charge is 2.45. The van der Waals surface area contributed by atoms with Crippen molar-refractivity contribution in [1.29, 1.82) is 0 Å². The minimum absolute atomic E-state index is 0.216. The molecule has 2 saturated heterocycles. The van der Waals surface area contributed by atoms with Gasteiger partial charge < -0.3 is 24.1 Å². The van der Waals surface area contributed by atoms with E-state index in [1.165, 1.54) is 43.5 Å². The zero-order chi connectivity index (χ0) is 23.0. The van der Waals surface area contributed by atoms with Crippen molar-refractivity contribution < 1.29 is 24.1 Å². The van der Waals surface area contributed by atoms with Crippen LogP contribution in [0.25, 0.3) is 5.57 Å². The van der Waals surface area contributed by atoms with E-state index < -0.39 is 5.79 Å². The number of rotatable bonds is 5. The number of benzene rings is 2. The van der Waals surface area contributed by atoms with Gasteiger partial charge in [-0.2, -0.15) is 0 Å². The topological polar surface area (TPSA) is 60.4 Å². The molecule has 2 aromatic rings. The maximum Gasteiger partial charge on any atom is 0.172 e. The van der Waals surface area contributed by atoms with E-state index in [0.717, 1.165) is 42.0 Å². The zero-order valence-electron chi connectivity index (χ0n) is 19.6. The van der Waals surface area contributed by atoms with Gasteiger partial charge >= 0.3 is 0 Å². The summed E-state index contributed by atoms with van der Waals surface area (Å²) in [4.78, 5) is 2.49. The first-order valence-electron chi connectivity index (χ1n) is 12.6.